The van der Waals surface area contributed by atoms with Crippen LogP contribution in [0.2, 0.25) is 0 Å². The fourth-order valence-electron chi connectivity index (χ4n) is 1.54. The molecule has 1 heterocycles. The molecule has 0 aliphatic heterocycles. The average molecular weight is 324 g/mol. The normalized spacial score (nSPS) is 10.0. The summed E-state index contributed by atoms with van der Waals surface area (Å²) in [6.07, 6.45) is 1.49. The summed E-state index contributed by atoms with van der Waals surface area (Å²) in [5, 5.41) is 13.9. The lowest BCUT2D eigenvalue weighted by Gasteiger charge is -2.10. The number of aromatic nitrogens is 1. The molecule has 0 radical (unpaired) electrons. The van der Waals surface area contributed by atoms with Crippen LogP contribution in [0.5, 0.6) is 5.75 Å². The van der Waals surface area contributed by atoms with Crippen LogP contribution in [-0.2, 0) is 0 Å². The van der Waals surface area contributed by atoms with Gasteiger partial charge in [-0.25, -0.2) is 4.98 Å². The predicted molar refractivity (Wildman–Crippen MR) is 74.9 cm³/mol. The van der Waals surface area contributed by atoms with Crippen LogP contribution >= 0.6 is 15.9 Å². The molecule has 0 saturated carbocycles. The van der Waals surface area contributed by atoms with Crippen molar-refractivity contribution in [1.82, 2.24) is 4.98 Å². The topological polar surface area (TPSA) is 77.3 Å². The lowest BCUT2D eigenvalue weighted by Crippen LogP contribution is -2.01. The first-order chi connectivity index (χ1) is 9.11. The number of pyridine rings is 1. The van der Waals surface area contributed by atoms with Crippen molar-refractivity contribution in [1.29, 1.82) is 0 Å². The van der Waals surface area contributed by atoms with E-state index in [1.165, 1.54) is 19.4 Å². The molecule has 0 fully saturated rings. The first-order valence-corrected chi connectivity index (χ1v) is 6.11. The molecule has 1 aromatic carbocycles. The second-order valence-electron chi connectivity index (χ2n) is 3.60. The van der Waals surface area contributed by atoms with E-state index in [9.17, 15) is 10.1 Å². The van der Waals surface area contributed by atoms with Gasteiger partial charge < -0.3 is 10.1 Å². The zero-order valence-corrected chi connectivity index (χ0v) is 11.5. The molecule has 0 atom stereocenters. The third-order valence-corrected chi connectivity index (χ3v) is 2.82. The van der Waals surface area contributed by atoms with E-state index in [4.69, 9.17) is 4.74 Å². The fraction of sp³-hybridized carbons (Fsp3) is 0.0833. The van der Waals surface area contributed by atoms with Crippen LogP contribution in [0.3, 0.4) is 0 Å². The number of halogens is 1. The molecule has 0 unspecified atom stereocenters. The number of hydrogen-bond acceptors (Lipinski definition) is 5. The molecule has 7 heteroatoms. The van der Waals surface area contributed by atoms with Crippen molar-refractivity contribution in [2.45, 2.75) is 0 Å². The molecule has 98 valence electrons. The third kappa shape index (κ3) is 3.00. The fourth-order valence-corrected chi connectivity index (χ4v) is 1.86. The number of benzene rings is 1. The highest BCUT2D eigenvalue weighted by Crippen LogP contribution is 2.31. The Hall–Kier alpha value is -2.15. The molecule has 0 aliphatic carbocycles. The summed E-state index contributed by atoms with van der Waals surface area (Å²) in [5.41, 5.74) is 0.503. The molecule has 6 nitrogen and oxygen atoms in total. The van der Waals surface area contributed by atoms with E-state index in [0.29, 0.717) is 15.9 Å². The minimum Gasteiger partial charge on any atom is -0.495 e. The Balaban J connectivity index is 2.41. The Morgan fingerprint density at radius 1 is 1.42 bits per heavy atom. The smallest absolute Gasteiger partial charge is 0.312 e. The van der Waals surface area contributed by atoms with Crippen LogP contribution in [0.25, 0.3) is 0 Å². The summed E-state index contributed by atoms with van der Waals surface area (Å²) in [7, 11) is 1.53. The Morgan fingerprint density at radius 2 is 2.16 bits per heavy atom. The van der Waals surface area contributed by atoms with Crippen LogP contribution in [0.1, 0.15) is 0 Å². The van der Waals surface area contributed by atoms with Gasteiger partial charge in [-0.15, -0.1) is 0 Å². The minimum atomic E-state index is -0.491. The molecule has 0 amide bonds. The van der Waals surface area contributed by atoms with Gasteiger partial charge in [-0.2, -0.15) is 0 Å². The van der Waals surface area contributed by atoms with E-state index in [-0.39, 0.29) is 11.5 Å². The molecular formula is C12H10BrN3O3. The molecule has 1 N–H and O–H groups in total. The third-order valence-electron chi connectivity index (χ3n) is 2.39. The first-order valence-electron chi connectivity index (χ1n) is 5.32. The maximum absolute atomic E-state index is 11.0. The number of rotatable bonds is 4. The first kappa shape index (κ1) is 13.3. The second-order valence-corrected chi connectivity index (χ2v) is 4.52. The van der Waals surface area contributed by atoms with Gasteiger partial charge in [0, 0.05) is 16.7 Å². The van der Waals surface area contributed by atoms with Crippen molar-refractivity contribution in [3.8, 4) is 5.75 Å². The highest BCUT2D eigenvalue weighted by Gasteiger charge is 2.17. The summed E-state index contributed by atoms with van der Waals surface area (Å²) in [5.74, 6) is 0.749. The van der Waals surface area contributed by atoms with Gasteiger partial charge in [0.1, 0.15) is 5.75 Å². The van der Waals surface area contributed by atoms with Gasteiger partial charge in [0.2, 0.25) is 5.82 Å². The number of hydrogen-bond donors (Lipinski definition) is 1. The Labute approximate surface area is 117 Å². The van der Waals surface area contributed by atoms with Gasteiger partial charge in [-0.1, -0.05) is 12.1 Å². The molecule has 0 spiro atoms. The molecule has 0 saturated heterocycles. The average Bonchev–Trinajstić information content (AvgIpc) is 2.41. The zero-order valence-electron chi connectivity index (χ0n) is 9.96. The summed E-state index contributed by atoms with van der Waals surface area (Å²) < 4.78 is 5.72. The molecule has 0 aliphatic rings. The lowest BCUT2D eigenvalue weighted by atomic mass is 10.3. The Morgan fingerprint density at radius 3 is 2.84 bits per heavy atom. The minimum absolute atomic E-state index is 0.111. The van der Waals surface area contributed by atoms with Crippen LogP contribution in [0, 0.1) is 10.1 Å². The predicted octanol–water partition coefficient (Wildman–Crippen LogP) is 3.50. The maximum Gasteiger partial charge on any atom is 0.312 e. The number of ether oxygens (including phenoxy) is 1. The van der Waals surface area contributed by atoms with Crippen molar-refractivity contribution in [2.75, 3.05) is 12.4 Å². The number of nitrogens with zero attached hydrogens (tertiary/aromatic N) is 2. The number of nitrogens with one attached hydrogen (secondary N) is 1. The molecule has 1 aromatic heterocycles. The van der Waals surface area contributed by atoms with Gasteiger partial charge in [-0.05, 0) is 28.1 Å². The maximum atomic E-state index is 11.0. The van der Waals surface area contributed by atoms with Crippen molar-refractivity contribution < 1.29 is 9.66 Å². The van der Waals surface area contributed by atoms with Crippen LogP contribution in [0.15, 0.2) is 41.0 Å². The zero-order chi connectivity index (χ0) is 13.8. The molecule has 2 aromatic rings. The molecule has 0 bridgehead atoms. The van der Waals surface area contributed by atoms with Crippen LogP contribution in [-0.4, -0.2) is 17.0 Å². The van der Waals surface area contributed by atoms with Crippen molar-refractivity contribution in [2.24, 2.45) is 0 Å². The van der Waals surface area contributed by atoms with Gasteiger partial charge >= 0.3 is 5.69 Å². The number of anilines is 2. The van der Waals surface area contributed by atoms with Gasteiger partial charge in [0.15, 0.2) is 0 Å². The van der Waals surface area contributed by atoms with Crippen molar-refractivity contribution in [3.63, 3.8) is 0 Å². The van der Waals surface area contributed by atoms with Crippen LogP contribution < -0.4 is 10.1 Å². The molecular weight excluding hydrogens is 314 g/mol. The SMILES string of the molecule is COc1ccccc1Nc1ncc(Br)cc1[N+](=O)[O-]. The van der Waals surface area contributed by atoms with Crippen molar-refractivity contribution in [3.05, 3.63) is 51.1 Å². The quantitative estimate of drug-likeness (QED) is 0.688. The second kappa shape index (κ2) is 5.66. The standard InChI is InChI=1S/C12H10BrN3O3/c1-19-11-5-3-2-4-9(11)15-12-10(16(17)18)6-8(13)7-14-12/h2-7H,1H3,(H,14,15). The van der Waals surface area contributed by atoms with E-state index >= 15 is 0 Å². The Kier molecular flexibility index (Phi) is 3.96. The summed E-state index contributed by atoms with van der Waals surface area (Å²) in [6, 6.07) is 8.52. The number of methoxy groups -OCH3 is 1. The number of para-hydroxylation sites is 2. The highest BCUT2D eigenvalue weighted by molar-refractivity contribution is 9.10. The summed E-state index contributed by atoms with van der Waals surface area (Å²) >= 11 is 3.16. The van der Waals surface area contributed by atoms with Gasteiger partial charge in [0.05, 0.1) is 17.7 Å². The summed E-state index contributed by atoms with van der Waals surface area (Å²) in [6.45, 7) is 0. The van der Waals surface area contributed by atoms with Gasteiger partial charge in [0.25, 0.3) is 0 Å². The molecule has 19 heavy (non-hydrogen) atoms. The van der Waals surface area contributed by atoms with Crippen LogP contribution in [0.4, 0.5) is 17.2 Å². The Bertz CT molecular complexity index is 619. The van der Waals surface area contributed by atoms with E-state index in [1.54, 1.807) is 18.2 Å². The summed E-state index contributed by atoms with van der Waals surface area (Å²) in [4.78, 5) is 14.5. The monoisotopic (exact) mass is 323 g/mol. The van der Waals surface area contributed by atoms with E-state index in [2.05, 4.69) is 26.2 Å². The van der Waals surface area contributed by atoms with E-state index < -0.39 is 4.92 Å². The largest absolute Gasteiger partial charge is 0.495 e. The van der Waals surface area contributed by atoms with E-state index in [0.717, 1.165) is 0 Å². The lowest BCUT2D eigenvalue weighted by molar-refractivity contribution is -0.384. The van der Waals surface area contributed by atoms with Crippen molar-refractivity contribution >= 4 is 33.1 Å². The highest BCUT2D eigenvalue weighted by atomic mass is 79.9. The number of nitro groups is 1. The van der Waals surface area contributed by atoms with Gasteiger partial charge in [-0.3, -0.25) is 10.1 Å². The van der Waals surface area contributed by atoms with E-state index in [1.807, 2.05) is 6.07 Å². The molecule has 2 rings (SSSR count).